The molecule has 7 nitrogen and oxygen atoms in total. The van der Waals surface area contributed by atoms with Gasteiger partial charge in [0.05, 0.1) is 10.6 Å². The number of sulfonamides is 1. The second-order valence-corrected chi connectivity index (χ2v) is 11.5. The molecule has 1 N–H and O–H groups in total. The molecule has 0 aromatic heterocycles. The molecule has 2 amide bonds. The number of aryl methyl sites for hydroxylation is 1. The van der Waals surface area contributed by atoms with E-state index in [4.69, 9.17) is 0 Å². The quantitative estimate of drug-likeness (QED) is 0.342. The Bertz CT molecular complexity index is 1280. The molecule has 36 heavy (non-hydrogen) atoms. The van der Waals surface area contributed by atoms with Gasteiger partial charge < -0.3 is 10.2 Å². The number of amides is 2. The molecule has 3 rings (SSSR count). The second kappa shape index (κ2) is 12.4. The lowest BCUT2D eigenvalue weighted by Crippen LogP contribution is -2.51. The molecule has 0 aliphatic carbocycles. The number of carbonyl (C=O) groups excluding carboxylic acids is 2. The third kappa shape index (κ3) is 6.64. The Morgan fingerprint density at radius 2 is 1.56 bits per heavy atom. The number of carbonyl (C=O) groups is 2. The summed E-state index contributed by atoms with van der Waals surface area (Å²) >= 11 is 2.14. The molecular weight excluding hydrogens is 589 g/mol. The molecule has 0 heterocycles. The molecule has 0 aliphatic rings. The number of hydrogen-bond donors (Lipinski definition) is 1. The smallest absolute Gasteiger partial charge is 0.264 e. The number of likely N-dealkylation sites (N-methyl/N-ethyl adjacent to an activating group) is 1. The number of benzene rings is 3. The SMILES string of the molecule is CC[C@H](C(=O)NC)N(Cc1ccc(C)cc1)C(=O)CN(c1ccc(I)cc1)S(=O)(=O)c1ccccc1. The second-order valence-electron chi connectivity index (χ2n) is 8.35. The van der Waals surface area contributed by atoms with E-state index in [9.17, 15) is 18.0 Å². The molecule has 1 atom stereocenters. The van der Waals surface area contributed by atoms with Crippen LogP contribution in [0, 0.1) is 10.5 Å². The van der Waals surface area contributed by atoms with Crippen LogP contribution in [-0.2, 0) is 26.2 Å². The zero-order valence-corrected chi connectivity index (χ0v) is 23.5. The maximum atomic E-state index is 13.8. The van der Waals surface area contributed by atoms with E-state index in [1.165, 1.54) is 24.1 Å². The molecule has 3 aromatic rings. The van der Waals surface area contributed by atoms with Crippen molar-refractivity contribution >= 4 is 50.1 Å². The Hall–Kier alpha value is -2.92. The molecule has 0 spiro atoms. The first-order valence-corrected chi connectivity index (χ1v) is 14.1. The summed E-state index contributed by atoms with van der Waals surface area (Å²) in [5.74, 6) is -0.770. The number of rotatable bonds is 10. The molecule has 0 bridgehead atoms. The monoisotopic (exact) mass is 619 g/mol. The van der Waals surface area contributed by atoms with Crippen molar-refractivity contribution in [1.29, 1.82) is 0 Å². The lowest BCUT2D eigenvalue weighted by molar-refractivity contribution is -0.140. The number of hydrogen-bond acceptors (Lipinski definition) is 4. The lowest BCUT2D eigenvalue weighted by Gasteiger charge is -2.33. The average molecular weight is 620 g/mol. The molecule has 0 unspecified atom stereocenters. The average Bonchev–Trinajstić information content (AvgIpc) is 2.89. The normalized spacial score (nSPS) is 12.0. The highest BCUT2D eigenvalue weighted by molar-refractivity contribution is 14.1. The maximum Gasteiger partial charge on any atom is 0.264 e. The van der Waals surface area contributed by atoms with E-state index in [2.05, 4.69) is 27.9 Å². The number of anilines is 1. The summed E-state index contributed by atoms with van der Waals surface area (Å²) in [4.78, 5) is 28.1. The minimum absolute atomic E-state index is 0.0831. The van der Waals surface area contributed by atoms with Gasteiger partial charge in [-0.25, -0.2) is 8.42 Å². The first kappa shape index (κ1) is 27.7. The van der Waals surface area contributed by atoms with Crippen molar-refractivity contribution in [2.24, 2.45) is 0 Å². The molecule has 0 saturated heterocycles. The highest BCUT2D eigenvalue weighted by Gasteiger charge is 2.33. The zero-order chi connectivity index (χ0) is 26.3. The van der Waals surface area contributed by atoms with Gasteiger partial charge in [-0.3, -0.25) is 13.9 Å². The van der Waals surface area contributed by atoms with Gasteiger partial charge in [0.1, 0.15) is 12.6 Å². The number of nitrogens with one attached hydrogen (secondary N) is 1. The van der Waals surface area contributed by atoms with Crippen molar-refractivity contribution in [1.82, 2.24) is 10.2 Å². The third-order valence-electron chi connectivity index (χ3n) is 5.83. The first-order valence-electron chi connectivity index (χ1n) is 11.6. The first-order chi connectivity index (χ1) is 17.2. The van der Waals surface area contributed by atoms with E-state index in [0.29, 0.717) is 12.1 Å². The van der Waals surface area contributed by atoms with Gasteiger partial charge in [-0.15, -0.1) is 0 Å². The van der Waals surface area contributed by atoms with Gasteiger partial charge in [-0.1, -0.05) is 55.0 Å². The molecule has 3 aromatic carbocycles. The van der Waals surface area contributed by atoms with Crippen LogP contribution in [-0.4, -0.2) is 44.8 Å². The highest BCUT2D eigenvalue weighted by Crippen LogP contribution is 2.25. The summed E-state index contributed by atoms with van der Waals surface area (Å²) in [6.07, 6.45) is 0.381. The van der Waals surface area contributed by atoms with E-state index in [1.807, 2.05) is 38.1 Å². The molecule has 9 heteroatoms. The lowest BCUT2D eigenvalue weighted by atomic mass is 10.1. The van der Waals surface area contributed by atoms with Crippen LogP contribution in [0.25, 0.3) is 0 Å². The van der Waals surface area contributed by atoms with Crippen LogP contribution in [0.4, 0.5) is 5.69 Å². The summed E-state index contributed by atoms with van der Waals surface area (Å²) in [6.45, 7) is 3.53. The van der Waals surface area contributed by atoms with Crippen molar-refractivity contribution in [3.05, 3.63) is 93.6 Å². The van der Waals surface area contributed by atoms with Crippen LogP contribution in [0.2, 0.25) is 0 Å². The predicted octanol–water partition coefficient (Wildman–Crippen LogP) is 4.35. The van der Waals surface area contributed by atoms with E-state index in [0.717, 1.165) is 19.0 Å². The summed E-state index contributed by atoms with van der Waals surface area (Å²) in [6, 6.07) is 21.9. The Balaban J connectivity index is 2.03. The van der Waals surface area contributed by atoms with Gasteiger partial charge in [0, 0.05) is 17.2 Å². The topological polar surface area (TPSA) is 86.8 Å². The van der Waals surface area contributed by atoms with Crippen molar-refractivity contribution in [2.45, 2.75) is 37.8 Å². The van der Waals surface area contributed by atoms with Crippen LogP contribution in [0.1, 0.15) is 24.5 Å². The van der Waals surface area contributed by atoms with Gasteiger partial charge in [0.25, 0.3) is 10.0 Å². The van der Waals surface area contributed by atoms with Gasteiger partial charge in [0.15, 0.2) is 0 Å². The molecule has 0 radical (unpaired) electrons. The standard InChI is InChI=1S/C27H30IN3O4S/c1-4-25(27(33)29-3)30(18-21-12-10-20(2)11-13-21)26(32)19-31(23-16-14-22(28)15-17-23)36(34,35)24-8-6-5-7-9-24/h5-17,25H,4,18-19H2,1-3H3,(H,29,33)/t25-/m1/s1. The third-order valence-corrected chi connectivity index (χ3v) is 8.34. The van der Waals surface area contributed by atoms with Crippen LogP contribution in [0.3, 0.4) is 0 Å². The largest absolute Gasteiger partial charge is 0.357 e. The van der Waals surface area contributed by atoms with Crippen molar-refractivity contribution < 1.29 is 18.0 Å². The van der Waals surface area contributed by atoms with Crippen LogP contribution in [0.15, 0.2) is 83.8 Å². The van der Waals surface area contributed by atoms with Gasteiger partial charge >= 0.3 is 0 Å². The summed E-state index contributed by atoms with van der Waals surface area (Å²) in [5.41, 5.74) is 2.30. The van der Waals surface area contributed by atoms with E-state index in [-0.39, 0.29) is 17.3 Å². The number of halogens is 1. The van der Waals surface area contributed by atoms with Crippen molar-refractivity contribution in [3.63, 3.8) is 0 Å². The molecule has 0 fully saturated rings. The van der Waals surface area contributed by atoms with Crippen molar-refractivity contribution in [2.75, 3.05) is 17.9 Å². The van der Waals surface area contributed by atoms with Crippen LogP contribution in [0.5, 0.6) is 0 Å². The van der Waals surface area contributed by atoms with Crippen LogP contribution >= 0.6 is 22.6 Å². The molecule has 0 aliphatic heterocycles. The minimum Gasteiger partial charge on any atom is -0.357 e. The van der Waals surface area contributed by atoms with Gasteiger partial charge in [0.2, 0.25) is 11.8 Å². The summed E-state index contributed by atoms with van der Waals surface area (Å²) in [5, 5.41) is 2.63. The fraction of sp³-hybridized carbons (Fsp3) is 0.259. The van der Waals surface area contributed by atoms with Gasteiger partial charge in [-0.05, 0) is 77.9 Å². The maximum absolute atomic E-state index is 13.8. The highest BCUT2D eigenvalue weighted by atomic mass is 127. The Labute approximate surface area is 226 Å². The number of nitrogens with zero attached hydrogens (tertiary/aromatic N) is 2. The van der Waals surface area contributed by atoms with E-state index >= 15 is 0 Å². The van der Waals surface area contributed by atoms with Crippen molar-refractivity contribution in [3.8, 4) is 0 Å². The summed E-state index contributed by atoms with van der Waals surface area (Å²) in [7, 11) is -2.52. The zero-order valence-electron chi connectivity index (χ0n) is 20.5. The fourth-order valence-corrected chi connectivity index (χ4v) is 5.63. The van der Waals surface area contributed by atoms with E-state index in [1.54, 1.807) is 42.5 Å². The minimum atomic E-state index is -4.05. The molecule has 0 saturated carbocycles. The Morgan fingerprint density at radius 3 is 2.11 bits per heavy atom. The van der Waals surface area contributed by atoms with Gasteiger partial charge in [-0.2, -0.15) is 0 Å². The Kier molecular flexibility index (Phi) is 9.49. The van der Waals surface area contributed by atoms with Crippen LogP contribution < -0.4 is 9.62 Å². The van der Waals surface area contributed by atoms with E-state index < -0.39 is 28.5 Å². The summed E-state index contributed by atoms with van der Waals surface area (Å²) < 4.78 is 29.4. The predicted molar refractivity (Wildman–Crippen MR) is 150 cm³/mol. The molecular formula is C27H30IN3O4S. The molecule has 190 valence electrons. The fourth-order valence-electron chi connectivity index (χ4n) is 3.83. The Morgan fingerprint density at radius 1 is 0.944 bits per heavy atom.